The van der Waals surface area contributed by atoms with Crippen LogP contribution in [0, 0.1) is 6.92 Å². The van der Waals surface area contributed by atoms with Crippen molar-refractivity contribution in [2.75, 3.05) is 11.9 Å². The predicted octanol–water partition coefficient (Wildman–Crippen LogP) is 3.25. The molecule has 2 rings (SSSR count). The molecule has 0 bridgehead atoms. The van der Waals surface area contributed by atoms with E-state index in [0.717, 1.165) is 22.6 Å². The van der Waals surface area contributed by atoms with Gasteiger partial charge in [-0.2, -0.15) is 0 Å². The van der Waals surface area contributed by atoms with Crippen LogP contribution in [0.5, 0.6) is 5.75 Å². The van der Waals surface area contributed by atoms with Crippen LogP contribution in [0.1, 0.15) is 24.0 Å². The van der Waals surface area contributed by atoms with Crippen molar-refractivity contribution in [2.24, 2.45) is 5.73 Å². The molecule has 2 aromatic rings. The molecule has 0 saturated carbocycles. The highest BCUT2D eigenvalue weighted by atomic mass is 16.5. The minimum atomic E-state index is -0.0197. The lowest BCUT2D eigenvalue weighted by Gasteiger charge is -2.10. The van der Waals surface area contributed by atoms with Gasteiger partial charge in [-0.15, -0.1) is 0 Å². The minimum absolute atomic E-state index is 0.0197. The fraction of sp³-hybridized carbons (Fsp3) is 0.278. The third kappa shape index (κ3) is 4.90. The Balaban J connectivity index is 1.74. The molecule has 116 valence electrons. The molecule has 4 nitrogen and oxygen atoms in total. The van der Waals surface area contributed by atoms with Crippen LogP contribution >= 0.6 is 0 Å². The van der Waals surface area contributed by atoms with E-state index in [1.54, 1.807) is 0 Å². The second-order valence-electron chi connectivity index (χ2n) is 5.18. The number of nitrogens with one attached hydrogen (secondary N) is 1. The molecule has 0 unspecified atom stereocenters. The van der Waals surface area contributed by atoms with Crippen LogP contribution in [0.15, 0.2) is 48.5 Å². The first-order valence-electron chi connectivity index (χ1n) is 7.46. The van der Waals surface area contributed by atoms with E-state index in [2.05, 4.69) is 5.32 Å². The van der Waals surface area contributed by atoms with E-state index >= 15 is 0 Å². The van der Waals surface area contributed by atoms with Gasteiger partial charge >= 0.3 is 0 Å². The normalized spacial score (nSPS) is 10.3. The number of carbonyl (C=O) groups excluding carboxylic acids is 1. The zero-order valence-corrected chi connectivity index (χ0v) is 12.8. The smallest absolute Gasteiger partial charge is 0.224 e. The fourth-order valence-electron chi connectivity index (χ4n) is 2.16. The Morgan fingerprint density at radius 1 is 1.18 bits per heavy atom. The number of para-hydroxylation sites is 1. The average molecular weight is 298 g/mol. The third-order valence-corrected chi connectivity index (χ3v) is 3.32. The molecule has 0 aliphatic carbocycles. The Labute approximate surface area is 131 Å². The van der Waals surface area contributed by atoms with Gasteiger partial charge in [-0.25, -0.2) is 0 Å². The molecule has 3 N–H and O–H groups in total. The van der Waals surface area contributed by atoms with Crippen LogP contribution in [-0.4, -0.2) is 12.5 Å². The second-order valence-corrected chi connectivity index (χ2v) is 5.18. The van der Waals surface area contributed by atoms with Crippen molar-refractivity contribution in [2.45, 2.75) is 26.3 Å². The molecule has 0 saturated heterocycles. The number of hydrogen-bond donors (Lipinski definition) is 2. The summed E-state index contributed by atoms with van der Waals surface area (Å²) >= 11 is 0. The van der Waals surface area contributed by atoms with Crippen molar-refractivity contribution in [1.82, 2.24) is 0 Å². The number of aryl methyl sites for hydroxylation is 1. The van der Waals surface area contributed by atoms with Gasteiger partial charge in [-0.1, -0.05) is 30.3 Å². The zero-order valence-electron chi connectivity index (χ0n) is 12.8. The molecule has 2 aromatic carbocycles. The Bertz CT molecular complexity index is 626. The lowest BCUT2D eigenvalue weighted by molar-refractivity contribution is -0.116. The second kappa shape index (κ2) is 8.20. The highest BCUT2D eigenvalue weighted by Gasteiger charge is 2.05. The largest absolute Gasteiger partial charge is 0.494 e. The first-order valence-corrected chi connectivity index (χ1v) is 7.46. The van der Waals surface area contributed by atoms with Crippen molar-refractivity contribution in [1.29, 1.82) is 0 Å². The van der Waals surface area contributed by atoms with Crippen molar-refractivity contribution < 1.29 is 9.53 Å². The Morgan fingerprint density at radius 2 is 2.00 bits per heavy atom. The van der Waals surface area contributed by atoms with Crippen molar-refractivity contribution >= 4 is 11.6 Å². The van der Waals surface area contributed by atoms with Gasteiger partial charge in [-0.05, 0) is 42.7 Å². The van der Waals surface area contributed by atoms with Crippen molar-refractivity contribution in [3.63, 3.8) is 0 Å². The fourth-order valence-corrected chi connectivity index (χ4v) is 2.16. The quantitative estimate of drug-likeness (QED) is 0.771. The van der Waals surface area contributed by atoms with Gasteiger partial charge in [0.2, 0.25) is 5.91 Å². The van der Waals surface area contributed by atoms with E-state index in [1.807, 2.05) is 55.5 Å². The molecule has 0 spiro atoms. The van der Waals surface area contributed by atoms with E-state index in [1.165, 1.54) is 0 Å². The van der Waals surface area contributed by atoms with Crippen LogP contribution in [0.3, 0.4) is 0 Å². The maximum absolute atomic E-state index is 11.9. The molecule has 0 aliphatic rings. The number of nitrogens with two attached hydrogens (primary N) is 1. The topological polar surface area (TPSA) is 64.3 Å². The Hall–Kier alpha value is -2.33. The Morgan fingerprint density at radius 3 is 2.77 bits per heavy atom. The molecule has 0 atom stereocenters. The number of anilines is 1. The zero-order chi connectivity index (χ0) is 15.8. The lowest BCUT2D eigenvalue weighted by atomic mass is 10.1. The van der Waals surface area contributed by atoms with Gasteiger partial charge in [-0.3, -0.25) is 4.79 Å². The molecule has 0 heterocycles. The molecule has 0 aliphatic heterocycles. The first-order chi connectivity index (χ1) is 10.7. The summed E-state index contributed by atoms with van der Waals surface area (Å²) in [7, 11) is 0. The van der Waals surface area contributed by atoms with Gasteiger partial charge in [0.05, 0.1) is 6.61 Å². The summed E-state index contributed by atoms with van der Waals surface area (Å²) in [5, 5.41) is 2.89. The summed E-state index contributed by atoms with van der Waals surface area (Å²) in [5.74, 6) is 0.822. The average Bonchev–Trinajstić information content (AvgIpc) is 2.52. The van der Waals surface area contributed by atoms with Gasteiger partial charge in [0, 0.05) is 18.7 Å². The molecular formula is C18H22N2O2. The van der Waals surface area contributed by atoms with Crippen LogP contribution < -0.4 is 15.8 Å². The molecule has 22 heavy (non-hydrogen) atoms. The van der Waals surface area contributed by atoms with E-state index in [0.29, 0.717) is 26.0 Å². The van der Waals surface area contributed by atoms with Crippen LogP contribution in [0.2, 0.25) is 0 Å². The monoisotopic (exact) mass is 298 g/mol. The van der Waals surface area contributed by atoms with Crippen LogP contribution in [0.4, 0.5) is 5.69 Å². The Kier molecular flexibility index (Phi) is 5.98. The number of carbonyl (C=O) groups is 1. The van der Waals surface area contributed by atoms with Gasteiger partial charge in [0.15, 0.2) is 0 Å². The first kappa shape index (κ1) is 16.0. The summed E-state index contributed by atoms with van der Waals surface area (Å²) in [6.45, 7) is 2.96. The summed E-state index contributed by atoms with van der Waals surface area (Å²) in [4.78, 5) is 11.9. The molecule has 0 radical (unpaired) electrons. The summed E-state index contributed by atoms with van der Waals surface area (Å²) in [5.41, 5.74) is 8.54. The third-order valence-electron chi connectivity index (χ3n) is 3.32. The molecule has 0 aromatic heterocycles. The van der Waals surface area contributed by atoms with Crippen LogP contribution in [-0.2, 0) is 11.3 Å². The van der Waals surface area contributed by atoms with Crippen molar-refractivity contribution in [3.8, 4) is 5.75 Å². The maximum atomic E-state index is 11.9. The molecule has 1 amide bonds. The number of amides is 1. The molecule has 0 fully saturated rings. The van der Waals surface area contributed by atoms with E-state index in [4.69, 9.17) is 10.5 Å². The van der Waals surface area contributed by atoms with Gasteiger partial charge in [0.1, 0.15) is 5.75 Å². The number of benzene rings is 2. The van der Waals surface area contributed by atoms with E-state index in [9.17, 15) is 4.79 Å². The standard InChI is InChI=1S/C18H22N2O2/c1-14-6-4-8-16(12-14)22-11-5-10-18(21)20-17-9-3-2-7-15(17)13-19/h2-4,6-9,12H,5,10-11,13,19H2,1H3,(H,20,21). The predicted molar refractivity (Wildman–Crippen MR) is 88.9 cm³/mol. The number of hydrogen-bond acceptors (Lipinski definition) is 3. The highest BCUT2D eigenvalue weighted by Crippen LogP contribution is 2.15. The van der Waals surface area contributed by atoms with E-state index in [-0.39, 0.29) is 5.91 Å². The van der Waals surface area contributed by atoms with Crippen LogP contribution in [0.25, 0.3) is 0 Å². The van der Waals surface area contributed by atoms with Gasteiger partial charge in [0.25, 0.3) is 0 Å². The number of rotatable bonds is 7. The molecular weight excluding hydrogens is 276 g/mol. The SMILES string of the molecule is Cc1cccc(OCCCC(=O)Nc2ccccc2CN)c1. The summed E-state index contributed by atoms with van der Waals surface area (Å²) in [6.07, 6.45) is 1.09. The molecule has 4 heteroatoms. The maximum Gasteiger partial charge on any atom is 0.224 e. The summed E-state index contributed by atoms with van der Waals surface area (Å²) < 4.78 is 5.63. The number of ether oxygens (including phenoxy) is 1. The van der Waals surface area contributed by atoms with E-state index < -0.39 is 0 Å². The summed E-state index contributed by atoms with van der Waals surface area (Å²) in [6, 6.07) is 15.5. The van der Waals surface area contributed by atoms with Crippen molar-refractivity contribution in [3.05, 3.63) is 59.7 Å². The highest BCUT2D eigenvalue weighted by molar-refractivity contribution is 5.91. The van der Waals surface area contributed by atoms with Gasteiger partial charge < -0.3 is 15.8 Å². The minimum Gasteiger partial charge on any atom is -0.494 e. The lowest BCUT2D eigenvalue weighted by Crippen LogP contribution is -2.14.